The van der Waals surface area contributed by atoms with Gasteiger partial charge in [0.05, 0.1) is 5.56 Å². The van der Waals surface area contributed by atoms with Gasteiger partial charge in [-0.2, -0.15) is 13.2 Å². The topological polar surface area (TPSA) is 12.0 Å². The van der Waals surface area contributed by atoms with E-state index in [1.54, 1.807) is 17.4 Å². The SMILES string of the molecule is CCNC(Cc1cccc(C(F)(F)F)c1)c1csc(C)c1. The Hall–Kier alpha value is -1.33. The fraction of sp³-hybridized carbons (Fsp3) is 0.375. The van der Waals surface area contributed by atoms with Gasteiger partial charge in [-0.25, -0.2) is 0 Å². The molecular weight excluding hydrogens is 295 g/mol. The van der Waals surface area contributed by atoms with E-state index in [1.165, 1.54) is 17.0 Å². The molecule has 0 spiro atoms. The van der Waals surface area contributed by atoms with E-state index >= 15 is 0 Å². The third kappa shape index (κ3) is 4.32. The number of hydrogen-bond acceptors (Lipinski definition) is 2. The number of hydrogen-bond donors (Lipinski definition) is 1. The Morgan fingerprint density at radius 3 is 2.57 bits per heavy atom. The number of alkyl halides is 3. The maximum absolute atomic E-state index is 12.8. The number of thiophene rings is 1. The van der Waals surface area contributed by atoms with Crippen molar-refractivity contribution >= 4 is 11.3 Å². The van der Waals surface area contributed by atoms with Gasteiger partial charge in [0.25, 0.3) is 0 Å². The molecule has 0 amide bonds. The minimum atomic E-state index is -4.29. The van der Waals surface area contributed by atoms with Crippen molar-refractivity contribution < 1.29 is 13.2 Å². The third-order valence-corrected chi connectivity index (χ3v) is 4.18. The monoisotopic (exact) mass is 313 g/mol. The van der Waals surface area contributed by atoms with E-state index in [1.807, 2.05) is 13.8 Å². The molecule has 0 aliphatic heterocycles. The highest BCUT2D eigenvalue weighted by atomic mass is 32.1. The molecule has 1 N–H and O–H groups in total. The van der Waals surface area contributed by atoms with Crippen LogP contribution in [0.2, 0.25) is 0 Å². The van der Waals surface area contributed by atoms with Crippen LogP contribution in [0.4, 0.5) is 13.2 Å². The van der Waals surface area contributed by atoms with Crippen molar-refractivity contribution in [1.29, 1.82) is 0 Å². The van der Waals surface area contributed by atoms with Gasteiger partial charge in [0.2, 0.25) is 0 Å². The van der Waals surface area contributed by atoms with E-state index in [2.05, 4.69) is 16.8 Å². The van der Waals surface area contributed by atoms with Crippen molar-refractivity contribution in [2.24, 2.45) is 0 Å². The Kier molecular flexibility index (Phi) is 5.06. The summed E-state index contributed by atoms with van der Waals surface area (Å²) in [6.45, 7) is 4.80. The van der Waals surface area contributed by atoms with Gasteiger partial charge in [0.1, 0.15) is 0 Å². The van der Waals surface area contributed by atoms with Gasteiger partial charge in [-0.3, -0.25) is 0 Å². The molecule has 1 unspecified atom stereocenters. The predicted octanol–water partition coefficient (Wildman–Crippen LogP) is 4.97. The molecule has 1 atom stereocenters. The Labute approximate surface area is 126 Å². The first-order chi connectivity index (χ1) is 9.90. The summed E-state index contributed by atoms with van der Waals surface area (Å²) in [5.74, 6) is 0. The van der Waals surface area contributed by atoms with E-state index < -0.39 is 11.7 Å². The Morgan fingerprint density at radius 2 is 2.00 bits per heavy atom. The van der Waals surface area contributed by atoms with Gasteiger partial charge in [-0.05, 0) is 48.5 Å². The predicted molar refractivity (Wildman–Crippen MR) is 80.6 cm³/mol. The molecule has 0 fully saturated rings. The van der Waals surface area contributed by atoms with Gasteiger partial charge in [-0.1, -0.05) is 25.1 Å². The van der Waals surface area contributed by atoms with Gasteiger partial charge in [0.15, 0.2) is 0 Å². The quantitative estimate of drug-likeness (QED) is 0.822. The number of rotatable bonds is 5. The van der Waals surface area contributed by atoms with Crippen LogP contribution in [0, 0.1) is 6.92 Å². The molecule has 21 heavy (non-hydrogen) atoms. The summed E-state index contributed by atoms with van der Waals surface area (Å²) in [5.41, 5.74) is 1.24. The Morgan fingerprint density at radius 1 is 1.24 bits per heavy atom. The summed E-state index contributed by atoms with van der Waals surface area (Å²) >= 11 is 1.66. The maximum Gasteiger partial charge on any atom is 0.416 e. The van der Waals surface area contributed by atoms with Crippen molar-refractivity contribution in [2.75, 3.05) is 6.54 Å². The molecule has 0 bridgehead atoms. The average Bonchev–Trinajstić information content (AvgIpc) is 2.84. The summed E-state index contributed by atoms with van der Waals surface area (Å²) < 4.78 is 38.3. The van der Waals surface area contributed by atoms with E-state index in [0.29, 0.717) is 12.0 Å². The van der Waals surface area contributed by atoms with Crippen molar-refractivity contribution in [3.05, 3.63) is 57.3 Å². The standard InChI is InChI=1S/C16H18F3NS/c1-3-20-15(13-7-11(2)21-10-13)9-12-5-4-6-14(8-12)16(17,18)19/h4-8,10,15,20H,3,9H2,1-2H3. The van der Waals surface area contributed by atoms with Crippen LogP contribution in [0.3, 0.4) is 0 Å². The van der Waals surface area contributed by atoms with Gasteiger partial charge in [-0.15, -0.1) is 11.3 Å². The third-order valence-electron chi connectivity index (χ3n) is 3.30. The van der Waals surface area contributed by atoms with Crippen molar-refractivity contribution in [2.45, 2.75) is 32.5 Å². The molecule has 2 aromatic rings. The second-order valence-electron chi connectivity index (χ2n) is 5.00. The van der Waals surface area contributed by atoms with Gasteiger partial charge >= 0.3 is 6.18 Å². The highest BCUT2D eigenvalue weighted by molar-refractivity contribution is 7.10. The van der Waals surface area contributed by atoms with Crippen LogP contribution in [0.5, 0.6) is 0 Å². The molecule has 0 aliphatic carbocycles. The lowest BCUT2D eigenvalue weighted by Crippen LogP contribution is -2.22. The summed E-state index contributed by atoms with van der Waals surface area (Å²) in [6.07, 6.45) is -3.74. The fourth-order valence-electron chi connectivity index (χ4n) is 2.31. The Bertz CT molecular complexity index is 589. The molecule has 1 heterocycles. The first kappa shape index (κ1) is 16.0. The van der Waals surface area contributed by atoms with Crippen LogP contribution in [0.25, 0.3) is 0 Å². The zero-order chi connectivity index (χ0) is 15.5. The molecule has 2 rings (SSSR count). The maximum atomic E-state index is 12.8. The molecule has 5 heteroatoms. The van der Waals surface area contributed by atoms with E-state index in [4.69, 9.17) is 0 Å². The van der Waals surface area contributed by atoms with Crippen LogP contribution < -0.4 is 5.32 Å². The lowest BCUT2D eigenvalue weighted by atomic mass is 9.99. The van der Waals surface area contributed by atoms with E-state index in [-0.39, 0.29) is 6.04 Å². The van der Waals surface area contributed by atoms with Crippen LogP contribution in [-0.4, -0.2) is 6.54 Å². The minimum absolute atomic E-state index is 0.0448. The van der Waals surface area contributed by atoms with Crippen LogP contribution in [0.15, 0.2) is 35.7 Å². The molecule has 0 saturated carbocycles. The number of likely N-dealkylation sites (N-methyl/N-ethyl adjacent to an activating group) is 1. The summed E-state index contributed by atoms with van der Waals surface area (Å²) in [5, 5.41) is 5.41. The lowest BCUT2D eigenvalue weighted by Gasteiger charge is -2.18. The van der Waals surface area contributed by atoms with Crippen LogP contribution in [-0.2, 0) is 12.6 Å². The van der Waals surface area contributed by atoms with Gasteiger partial charge < -0.3 is 5.32 Å². The summed E-state index contributed by atoms with van der Waals surface area (Å²) in [7, 11) is 0. The van der Waals surface area contributed by atoms with Crippen LogP contribution >= 0.6 is 11.3 Å². The first-order valence-electron chi connectivity index (χ1n) is 6.84. The van der Waals surface area contributed by atoms with Crippen molar-refractivity contribution in [3.63, 3.8) is 0 Å². The van der Waals surface area contributed by atoms with E-state index in [9.17, 15) is 13.2 Å². The first-order valence-corrected chi connectivity index (χ1v) is 7.72. The van der Waals surface area contributed by atoms with Crippen molar-refractivity contribution in [3.8, 4) is 0 Å². The fourth-order valence-corrected chi connectivity index (χ4v) is 3.07. The smallest absolute Gasteiger partial charge is 0.310 e. The largest absolute Gasteiger partial charge is 0.416 e. The molecular formula is C16H18F3NS. The number of aryl methyl sites for hydroxylation is 1. The number of halogens is 3. The highest BCUT2D eigenvalue weighted by Gasteiger charge is 2.30. The molecule has 1 aromatic heterocycles. The zero-order valence-corrected chi connectivity index (χ0v) is 12.8. The second-order valence-corrected chi connectivity index (χ2v) is 6.12. The molecule has 0 aliphatic rings. The van der Waals surface area contributed by atoms with Crippen molar-refractivity contribution in [1.82, 2.24) is 5.32 Å². The van der Waals surface area contributed by atoms with E-state index in [0.717, 1.165) is 18.2 Å². The average molecular weight is 313 g/mol. The molecule has 114 valence electrons. The summed E-state index contributed by atoms with van der Waals surface area (Å²) in [4.78, 5) is 1.21. The second kappa shape index (κ2) is 6.62. The highest BCUT2D eigenvalue weighted by Crippen LogP contribution is 2.31. The molecule has 0 saturated heterocycles. The van der Waals surface area contributed by atoms with Crippen LogP contribution in [0.1, 0.15) is 34.5 Å². The minimum Gasteiger partial charge on any atom is -0.310 e. The molecule has 0 radical (unpaired) electrons. The summed E-state index contributed by atoms with van der Waals surface area (Å²) in [6, 6.07) is 7.71. The van der Waals surface area contributed by atoms with Gasteiger partial charge in [0, 0.05) is 10.9 Å². The number of nitrogens with one attached hydrogen (secondary N) is 1. The molecule has 1 aromatic carbocycles. The molecule has 1 nitrogen and oxygen atoms in total. The number of benzene rings is 1. The Balaban J connectivity index is 2.21. The zero-order valence-electron chi connectivity index (χ0n) is 12.0. The normalized spacial score (nSPS) is 13.4. The lowest BCUT2D eigenvalue weighted by molar-refractivity contribution is -0.137.